The molecule has 154 valence electrons. The third-order valence-corrected chi connectivity index (χ3v) is 6.56. The molecule has 3 heterocycles. The Morgan fingerprint density at radius 1 is 1.22 bits per heavy atom. The molecule has 2 fully saturated rings. The summed E-state index contributed by atoms with van der Waals surface area (Å²) in [6, 6.07) is 1.58. The van der Waals surface area contributed by atoms with Crippen molar-refractivity contribution in [3.63, 3.8) is 0 Å². The topological polar surface area (TPSA) is 46.5 Å². The Morgan fingerprint density at radius 3 is 2.41 bits per heavy atom. The Labute approximate surface area is 162 Å². The zero-order valence-corrected chi connectivity index (χ0v) is 17.5. The first-order chi connectivity index (χ1) is 12.8. The molecule has 27 heavy (non-hydrogen) atoms. The van der Waals surface area contributed by atoms with Crippen LogP contribution in [0, 0.1) is 0 Å². The molecule has 0 spiro atoms. The van der Waals surface area contributed by atoms with E-state index < -0.39 is 5.54 Å². The molecule has 0 aromatic heterocycles. The second kappa shape index (κ2) is 8.05. The first-order valence-corrected chi connectivity index (χ1v) is 9.91. The van der Waals surface area contributed by atoms with Crippen molar-refractivity contribution in [3.05, 3.63) is 11.5 Å². The van der Waals surface area contributed by atoms with E-state index in [2.05, 4.69) is 9.89 Å². The molecular formula is C20H34FN3O3. The minimum Gasteiger partial charge on any atom is -0.462 e. The molecule has 0 aromatic carbocycles. The summed E-state index contributed by atoms with van der Waals surface area (Å²) in [4.78, 5) is 8.61. The van der Waals surface area contributed by atoms with Crippen LogP contribution in [0.25, 0.3) is 0 Å². The van der Waals surface area contributed by atoms with Crippen molar-refractivity contribution in [1.82, 2.24) is 9.80 Å². The zero-order chi connectivity index (χ0) is 19.8. The fourth-order valence-corrected chi connectivity index (χ4v) is 4.54. The van der Waals surface area contributed by atoms with Crippen LogP contribution in [0.2, 0.25) is 0 Å². The molecule has 0 aromatic rings. The summed E-state index contributed by atoms with van der Waals surface area (Å²) in [7, 11) is 5.34. The predicted molar refractivity (Wildman–Crippen MR) is 103 cm³/mol. The third kappa shape index (κ3) is 4.00. The van der Waals surface area contributed by atoms with E-state index in [1.807, 2.05) is 28.0 Å². The lowest BCUT2D eigenvalue weighted by Gasteiger charge is -2.41. The maximum atomic E-state index is 14.3. The molecule has 6 nitrogen and oxygen atoms in total. The van der Waals surface area contributed by atoms with Gasteiger partial charge in [-0.05, 0) is 46.5 Å². The van der Waals surface area contributed by atoms with Gasteiger partial charge in [-0.15, -0.1) is 0 Å². The quantitative estimate of drug-likeness (QED) is 0.706. The van der Waals surface area contributed by atoms with Gasteiger partial charge in [-0.3, -0.25) is 4.90 Å². The normalized spacial score (nSPS) is 31.9. The average molecular weight is 384 g/mol. The molecule has 0 amide bonds. The average Bonchev–Trinajstić information content (AvgIpc) is 2.88. The number of allylic oxidation sites excluding steroid dienone is 1. The molecule has 2 bridgehead atoms. The number of likely N-dealkylation sites (N-methyl/N-ethyl adjacent to an activating group) is 1. The largest absolute Gasteiger partial charge is 0.462 e. The van der Waals surface area contributed by atoms with Crippen molar-refractivity contribution in [2.45, 2.75) is 76.3 Å². The third-order valence-electron chi connectivity index (χ3n) is 6.56. The lowest BCUT2D eigenvalue weighted by Crippen LogP contribution is -2.51. The van der Waals surface area contributed by atoms with Gasteiger partial charge in [-0.25, -0.2) is 4.39 Å². The predicted octanol–water partition coefficient (Wildman–Crippen LogP) is 2.94. The number of aliphatic imine (C=N–C) groups is 1. The van der Waals surface area contributed by atoms with Crippen LogP contribution >= 0.6 is 0 Å². The van der Waals surface area contributed by atoms with Crippen molar-refractivity contribution in [2.24, 2.45) is 4.99 Å². The molecule has 3 aliphatic rings. The van der Waals surface area contributed by atoms with Crippen LogP contribution in [-0.2, 0) is 14.2 Å². The highest BCUT2D eigenvalue weighted by atomic mass is 19.1. The highest BCUT2D eigenvalue weighted by Gasteiger charge is 2.42. The minimum absolute atomic E-state index is 0.0533. The van der Waals surface area contributed by atoms with Gasteiger partial charge in [-0.2, -0.15) is 4.99 Å². The fraction of sp³-hybridized carbons (Fsp3) is 0.850. The number of methoxy groups -OCH3 is 2. The van der Waals surface area contributed by atoms with Gasteiger partial charge in [0.05, 0.1) is 17.3 Å². The van der Waals surface area contributed by atoms with Gasteiger partial charge in [0.15, 0.2) is 0 Å². The number of rotatable bonds is 6. The second-order valence-electron chi connectivity index (χ2n) is 8.49. The van der Waals surface area contributed by atoms with Crippen LogP contribution in [0.5, 0.6) is 0 Å². The standard InChI is InChI=1S/C20H34FN3O3/c1-13-18(21)20(2,3)23(4)19(22-13)27-12-17(26-6)11-24-14-7-8-15(24)10-16(9-14)25-5/h14-17H,7-12H2,1-6H3/t14?,15?,16?,17-/m1/s1. The Balaban J connectivity index is 1.60. The van der Waals surface area contributed by atoms with Crippen LogP contribution in [0.1, 0.15) is 46.5 Å². The van der Waals surface area contributed by atoms with Gasteiger partial charge in [0, 0.05) is 39.9 Å². The number of fused-ring (bicyclic) bond motifs is 2. The van der Waals surface area contributed by atoms with Crippen molar-refractivity contribution in [2.75, 3.05) is 34.4 Å². The number of halogens is 1. The highest BCUT2D eigenvalue weighted by molar-refractivity contribution is 5.77. The Morgan fingerprint density at radius 2 is 1.85 bits per heavy atom. The summed E-state index contributed by atoms with van der Waals surface area (Å²) in [5, 5.41) is 0. The zero-order valence-electron chi connectivity index (χ0n) is 17.5. The Hall–Kier alpha value is -1.18. The van der Waals surface area contributed by atoms with E-state index in [0.29, 0.717) is 36.5 Å². The van der Waals surface area contributed by atoms with E-state index in [9.17, 15) is 4.39 Å². The SMILES string of the molecule is COC1CC2CCC(C1)N2C[C@H](COC1=NC(C)=C(F)C(C)(C)N1C)OC. The van der Waals surface area contributed by atoms with E-state index in [-0.39, 0.29) is 11.9 Å². The molecule has 3 rings (SSSR count). The van der Waals surface area contributed by atoms with Gasteiger partial charge in [0.25, 0.3) is 6.02 Å². The summed E-state index contributed by atoms with van der Waals surface area (Å²) < 4.78 is 31.6. The number of piperidine rings is 1. The second-order valence-corrected chi connectivity index (χ2v) is 8.49. The number of amidine groups is 1. The van der Waals surface area contributed by atoms with Gasteiger partial charge in [0.1, 0.15) is 18.5 Å². The van der Waals surface area contributed by atoms with Crippen molar-refractivity contribution in [3.8, 4) is 0 Å². The Kier molecular flexibility index (Phi) is 6.13. The number of hydrogen-bond donors (Lipinski definition) is 0. The molecule has 3 aliphatic heterocycles. The monoisotopic (exact) mass is 383 g/mol. The molecule has 2 unspecified atom stereocenters. The van der Waals surface area contributed by atoms with E-state index in [1.54, 1.807) is 18.9 Å². The summed E-state index contributed by atoms with van der Waals surface area (Å²) in [5.41, 5.74) is -0.382. The highest BCUT2D eigenvalue weighted by Crippen LogP contribution is 2.37. The first kappa shape index (κ1) is 20.6. The summed E-state index contributed by atoms with van der Waals surface area (Å²) in [6.07, 6.45) is 4.98. The van der Waals surface area contributed by atoms with Crippen LogP contribution in [-0.4, -0.2) is 80.1 Å². The van der Waals surface area contributed by atoms with Crippen LogP contribution < -0.4 is 0 Å². The molecule has 0 N–H and O–H groups in total. The molecular weight excluding hydrogens is 349 g/mol. The summed E-state index contributed by atoms with van der Waals surface area (Å²) in [6.45, 7) is 6.57. The minimum atomic E-state index is -0.759. The maximum Gasteiger partial charge on any atom is 0.292 e. The molecule has 7 heteroatoms. The Bertz CT molecular complexity index is 593. The van der Waals surface area contributed by atoms with Gasteiger partial charge in [-0.1, -0.05) is 0 Å². The van der Waals surface area contributed by atoms with E-state index in [1.165, 1.54) is 12.8 Å². The first-order valence-electron chi connectivity index (χ1n) is 9.91. The van der Waals surface area contributed by atoms with E-state index >= 15 is 0 Å². The maximum absolute atomic E-state index is 14.3. The van der Waals surface area contributed by atoms with Crippen LogP contribution in [0.15, 0.2) is 16.5 Å². The van der Waals surface area contributed by atoms with E-state index in [4.69, 9.17) is 14.2 Å². The number of ether oxygens (including phenoxy) is 3. The van der Waals surface area contributed by atoms with Crippen LogP contribution in [0.3, 0.4) is 0 Å². The van der Waals surface area contributed by atoms with Crippen molar-refractivity contribution < 1.29 is 18.6 Å². The lowest BCUT2D eigenvalue weighted by molar-refractivity contribution is -0.0326. The lowest BCUT2D eigenvalue weighted by atomic mass is 9.99. The van der Waals surface area contributed by atoms with Gasteiger partial charge >= 0.3 is 0 Å². The number of hydrogen-bond acceptors (Lipinski definition) is 6. The molecule has 0 radical (unpaired) electrons. The number of nitrogens with zero attached hydrogens (tertiary/aromatic N) is 3. The van der Waals surface area contributed by atoms with Crippen LogP contribution in [0.4, 0.5) is 4.39 Å². The van der Waals surface area contributed by atoms with Gasteiger partial charge < -0.3 is 19.1 Å². The van der Waals surface area contributed by atoms with E-state index in [0.717, 1.165) is 19.4 Å². The summed E-state index contributed by atoms with van der Waals surface area (Å²) >= 11 is 0. The van der Waals surface area contributed by atoms with Gasteiger partial charge in [0.2, 0.25) is 0 Å². The van der Waals surface area contributed by atoms with Crippen molar-refractivity contribution >= 4 is 6.02 Å². The molecule has 0 aliphatic carbocycles. The summed E-state index contributed by atoms with van der Waals surface area (Å²) in [5.74, 6) is -0.224. The molecule has 3 atom stereocenters. The molecule has 2 saturated heterocycles. The van der Waals surface area contributed by atoms with Crippen molar-refractivity contribution in [1.29, 1.82) is 0 Å². The molecule has 0 saturated carbocycles. The fourth-order valence-electron chi connectivity index (χ4n) is 4.54. The smallest absolute Gasteiger partial charge is 0.292 e.